The zero-order chi connectivity index (χ0) is 15.4. The van der Waals surface area contributed by atoms with Crippen LogP contribution in [0.2, 0.25) is 0 Å². The molecule has 0 atom stereocenters. The van der Waals surface area contributed by atoms with Crippen LogP contribution in [0, 0.1) is 5.82 Å². The van der Waals surface area contributed by atoms with Crippen LogP contribution in [0.15, 0.2) is 52.4 Å². The molecular formula is C17H9FN2S3. The van der Waals surface area contributed by atoms with Gasteiger partial charge in [-0.25, -0.2) is 9.37 Å². The highest BCUT2D eigenvalue weighted by Gasteiger charge is 2.17. The molecule has 0 radical (unpaired) electrons. The second-order valence-electron chi connectivity index (χ2n) is 5.16. The summed E-state index contributed by atoms with van der Waals surface area (Å²) in [6.07, 6.45) is 2.04. The summed E-state index contributed by atoms with van der Waals surface area (Å²) < 4.78 is 15.8. The van der Waals surface area contributed by atoms with Gasteiger partial charge in [-0.3, -0.25) is 0 Å². The highest BCUT2D eigenvalue weighted by molar-refractivity contribution is 8.03. The number of thioether (sulfide) groups is 1. The minimum absolute atomic E-state index is 0.223. The Morgan fingerprint density at radius 2 is 2.00 bits per heavy atom. The Kier molecular flexibility index (Phi) is 2.98. The lowest BCUT2D eigenvalue weighted by Gasteiger charge is -1.97. The molecule has 0 saturated heterocycles. The first-order chi connectivity index (χ1) is 11.3. The monoisotopic (exact) mass is 356 g/mol. The van der Waals surface area contributed by atoms with Gasteiger partial charge in [0.25, 0.3) is 0 Å². The average Bonchev–Trinajstić information content (AvgIpc) is 3.19. The molecule has 0 bridgehead atoms. The van der Waals surface area contributed by atoms with Crippen molar-refractivity contribution in [1.29, 1.82) is 0 Å². The topological polar surface area (TPSA) is 24.9 Å². The number of thiophene rings is 1. The van der Waals surface area contributed by atoms with Gasteiger partial charge in [0.2, 0.25) is 0 Å². The number of fused-ring (bicyclic) bond motifs is 4. The fourth-order valence-corrected chi connectivity index (χ4v) is 5.91. The van der Waals surface area contributed by atoms with Crippen LogP contribution >= 0.6 is 34.4 Å². The number of nitrogens with zero attached hydrogens (tertiary/aromatic N) is 1. The maximum absolute atomic E-state index is 13.3. The number of hydrogen-bond acceptors (Lipinski definition) is 5. The van der Waals surface area contributed by atoms with Gasteiger partial charge >= 0.3 is 0 Å². The van der Waals surface area contributed by atoms with E-state index in [2.05, 4.69) is 29.6 Å². The van der Waals surface area contributed by atoms with Crippen molar-refractivity contribution in [3.63, 3.8) is 0 Å². The number of hydrogen-bond donors (Lipinski definition) is 1. The van der Waals surface area contributed by atoms with Gasteiger partial charge in [0.1, 0.15) is 15.7 Å². The van der Waals surface area contributed by atoms with Gasteiger partial charge in [-0.05, 0) is 24.3 Å². The SMILES string of the molecule is Fc1ccc2c(c1)N/C(=C/c1nc3sc4ccccc4c3s1)S2. The normalized spacial score (nSPS) is 15.4. The summed E-state index contributed by atoms with van der Waals surface area (Å²) in [5.41, 5.74) is 0.824. The molecule has 2 nitrogen and oxygen atoms in total. The summed E-state index contributed by atoms with van der Waals surface area (Å²) in [6.45, 7) is 0. The van der Waals surface area contributed by atoms with Crippen LogP contribution in [0.1, 0.15) is 5.01 Å². The molecule has 1 N–H and O–H groups in total. The molecule has 0 amide bonds. The number of nitrogens with one attached hydrogen (secondary N) is 1. The number of rotatable bonds is 1. The van der Waals surface area contributed by atoms with Gasteiger partial charge in [-0.15, -0.1) is 22.7 Å². The van der Waals surface area contributed by atoms with Crippen molar-refractivity contribution in [3.05, 3.63) is 58.3 Å². The van der Waals surface area contributed by atoms with Crippen LogP contribution < -0.4 is 5.32 Å². The summed E-state index contributed by atoms with van der Waals surface area (Å²) in [6, 6.07) is 13.2. The van der Waals surface area contributed by atoms with Crippen LogP contribution in [0.25, 0.3) is 25.7 Å². The fourth-order valence-electron chi connectivity index (χ4n) is 2.61. The number of halogens is 1. The average molecular weight is 356 g/mol. The zero-order valence-corrected chi connectivity index (χ0v) is 14.1. The van der Waals surface area contributed by atoms with Gasteiger partial charge < -0.3 is 5.32 Å². The maximum atomic E-state index is 13.3. The lowest BCUT2D eigenvalue weighted by Crippen LogP contribution is -1.88. The molecule has 0 aliphatic carbocycles. The minimum Gasteiger partial charge on any atom is -0.349 e. The lowest BCUT2D eigenvalue weighted by molar-refractivity contribution is 0.627. The molecule has 6 heteroatoms. The molecule has 2 aromatic heterocycles. The quantitative estimate of drug-likeness (QED) is 0.442. The summed E-state index contributed by atoms with van der Waals surface area (Å²) in [5, 5.41) is 6.48. The Labute approximate surface area is 143 Å². The molecule has 3 heterocycles. The van der Waals surface area contributed by atoms with Crippen LogP contribution in [-0.2, 0) is 0 Å². The number of aromatic nitrogens is 1. The first-order valence-electron chi connectivity index (χ1n) is 7.00. The summed E-state index contributed by atoms with van der Waals surface area (Å²) in [4.78, 5) is 6.85. The fraction of sp³-hybridized carbons (Fsp3) is 0. The van der Waals surface area contributed by atoms with Crippen molar-refractivity contribution in [1.82, 2.24) is 4.98 Å². The van der Waals surface area contributed by atoms with Crippen molar-refractivity contribution in [2.45, 2.75) is 4.90 Å². The first-order valence-corrected chi connectivity index (χ1v) is 9.45. The summed E-state index contributed by atoms with van der Waals surface area (Å²) >= 11 is 5.03. The maximum Gasteiger partial charge on any atom is 0.136 e. The molecule has 112 valence electrons. The summed E-state index contributed by atoms with van der Waals surface area (Å²) in [7, 11) is 0. The van der Waals surface area contributed by atoms with Crippen molar-refractivity contribution in [2.24, 2.45) is 0 Å². The second-order valence-corrected chi connectivity index (χ2v) is 8.31. The van der Waals surface area contributed by atoms with Gasteiger partial charge in [0.15, 0.2) is 0 Å². The third-order valence-electron chi connectivity index (χ3n) is 3.62. The standard InChI is InChI=1S/C17H9FN2S3/c18-9-5-6-13-11(7-9)19-14(21-13)8-15-20-17-16(23-15)10-3-1-2-4-12(10)22-17/h1-8,19H/b14-8-. The molecular weight excluding hydrogens is 347 g/mol. The van der Waals surface area contributed by atoms with E-state index in [0.717, 1.165) is 25.4 Å². The van der Waals surface area contributed by atoms with Crippen LogP contribution in [0.4, 0.5) is 10.1 Å². The van der Waals surface area contributed by atoms with Gasteiger partial charge in [0.05, 0.1) is 15.4 Å². The van der Waals surface area contributed by atoms with E-state index < -0.39 is 0 Å². The van der Waals surface area contributed by atoms with Gasteiger partial charge in [0, 0.05) is 21.1 Å². The van der Waals surface area contributed by atoms with Crippen molar-refractivity contribution < 1.29 is 4.39 Å². The Morgan fingerprint density at radius 1 is 1.09 bits per heavy atom. The van der Waals surface area contributed by atoms with Crippen molar-refractivity contribution >= 4 is 65.8 Å². The minimum atomic E-state index is -0.223. The van der Waals surface area contributed by atoms with E-state index in [1.165, 1.54) is 26.9 Å². The molecule has 5 rings (SSSR count). The van der Waals surface area contributed by atoms with E-state index in [9.17, 15) is 4.39 Å². The summed E-state index contributed by atoms with van der Waals surface area (Å²) in [5.74, 6) is -0.223. The third kappa shape index (κ3) is 2.25. The molecule has 4 aromatic rings. The van der Waals surface area contributed by atoms with Crippen LogP contribution in [-0.4, -0.2) is 4.98 Å². The molecule has 0 saturated carbocycles. The predicted octanol–water partition coefficient (Wildman–Crippen LogP) is 6.17. The van der Waals surface area contributed by atoms with E-state index in [1.54, 1.807) is 40.5 Å². The molecule has 0 spiro atoms. The van der Waals surface area contributed by atoms with E-state index >= 15 is 0 Å². The second kappa shape index (κ2) is 5.06. The predicted molar refractivity (Wildman–Crippen MR) is 98.9 cm³/mol. The van der Waals surface area contributed by atoms with Crippen LogP contribution in [0.3, 0.4) is 0 Å². The number of benzene rings is 2. The third-order valence-corrected chi connectivity index (χ3v) is 6.87. The number of anilines is 1. The highest BCUT2D eigenvalue weighted by atomic mass is 32.2. The molecule has 0 unspecified atom stereocenters. The number of thiazole rings is 1. The smallest absolute Gasteiger partial charge is 0.136 e. The first kappa shape index (κ1) is 13.5. The van der Waals surface area contributed by atoms with E-state index in [0.29, 0.717) is 0 Å². The lowest BCUT2D eigenvalue weighted by atomic mass is 10.3. The molecule has 1 aliphatic rings. The van der Waals surface area contributed by atoms with E-state index in [-0.39, 0.29) is 5.82 Å². The zero-order valence-electron chi connectivity index (χ0n) is 11.7. The molecule has 1 aliphatic heterocycles. The Balaban J connectivity index is 1.54. The molecule has 23 heavy (non-hydrogen) atoms. The van der Waals surface area contributed by atoms with Gasteiger partial charge in [-0.2, -0.15) is 0 Å². The Morgan fingerprint density at radius 3 is 2.96 bits per heavy atom. The van der Waals surface area contributed by atoms with E-state index in [1.807, 2.05) is 6.08 Å². The largest absolute Gasteiger partial charge is 0.349 e. The van der Waals surface area contributed by atoms with Crippen LogP contribution in [0.5, 0.6) is 0 Å². The van der Waals surface area contributed by atoms with E-state index in [4.69, 9.17) is 4.98 Å². The molecule has 0 fully saturated rings. The Bertz CT molecular complexity index is 1090. The van der Waals surface area contributed by atoms with Crippen molar-refractivity contribution in [3.8, 4) is 0 Å². The molecule has 2 aromatic carbocycles. The van der Waals surface area contributed by atoms with Gasteiger partial charge in [-0.1, -0.05) is 30.0 Å². The highest BCUT2D eigenvalue weighted by Crippen LogP contribution is 2.43. The Hall–Kier alpha value is -1.89. The van der Waals surface area contributed by atoms with Crippen molar-refractivity contribution in [2.75, 3.05) is 5.32 Å².